The Bertz CT molecular complexity index is 1450. The average molecular weight is 629 g/mol. The Kier molecular flexibility index (Phi) is 11.2. The van der Waals surface area contributed by atoms with Gasteiger partial charge in [-0.2, -0.15) is 0 Å². The number of hydrogen-bond donors (Lipinski definition) is 1. The normalized spacial score (nSPS) is 17.4. The molecule has 234 valence electrons. The lowest BCUT2D eigenvalue weighted by atomic mass is 10.2. The van der Waals surface area contributed by atoms with Crippen molar-refractivity contribution in [2.45, 2.75) is 12.8 Å². The zero-order valence-corrected chi connectivity index (χ0v) is 26.1. The van der Waals surface area contributed by atoms with Gasteiger partial charge in [-0.25, -0.2) is 25.4 Å². The number of benzene rings is 2. The Morgan fingerprint density at radius 3 is 1.60 bits per heavy atom. The fraction of sp³-hybridized carbons (Fsp3) is 0.538. The highest BCUT2D eigenvalue weighted by molar-refractivity contribution is 7.88. The molecule has 0 aliphatic carbocycles. The van der Waals surface area contributed by atoms with E-state index in [9.17, 15) is 26.9 Å². The highest BCUT2D eigenvalue weighted by atomic mass is 32.2. The number of nitrogens with two attached hydrogens (primary N) is 1. The van der Waals surface area contributed by atoms with E-state index in [-0.39, 0.29) is 11.4 Å². The van der Waals surface area contributed by atoms with E-state index in [1.54, 1.807) is 19.2 Å². The topological polar surface area (TPSA) is 169 Å². The molecule has 0 radical (unpaired) electrons. The molecule has 4 rings (SSSR count). The Morgan fingerprint density at radius 1 is 0.714 bits per heavy atom. The van der Waals surface area contributed by atoms with E-state index < -0.39 is 25.0 Å². The fourth-order valence-corrected chi connectivity index (χ4v) is 6.63. The summed E-state index contributed by atoms with van der Waals surface area (Å²) in [5.74, 6) is 0.846. The van der Waals surface area contributed by atoms with Crippen molar-refractivity contribution in [1.82, 2.24) is 8.61 Å². The largest absolute Gasteiger partial charge is 0.495 e. The molecule has 0 atom stereocenters. The van der Waals surface area contributed by atoms with Gasteiger partial charge in [-0.1, -0.05) is 0 Å². The van der Waals surface area contributed by atoms with Crippen LogP contribution in [0.3, 0.4) is 0 Å². The summed E-state index contributed by atoms with van der Waals surface area (Å²) in [4.78, 5) is 14.6. The van der Waals surface area contributed by atoms with Crippen LogP contribution < -0.4 is 25.0 Å². The van der Waals surface area contributed by atoms with Gasteiger partial charge in [0.2, 0.25) is 20.0 Å². The monoisotopic (exact) mass is 628 g/mol. The van der Waals surface area contributed by atoms with Crippen LogP contribution >= 0.6 is 0 Å². The lowest BCUT2D eigenvalue weighted by Crippen LogP contribution is -2.34. The molecule has 14 nitrogen and oxygen atoms in total. The maximum absolute atomic E-state index is 11.6. The van der Waals surface area contributed by atoms with Crippen LogP contribution in [0.2, 0.25) is 0 Å². The first-order valence-corrected chi connectivity index (χ1v) is 17.1. The zero-order valence-electron chi connectivity index (χ0n) is 24.4. The summed E-state index contributed by atoms with van der Waals surface area (Å²) in [5.41, 5.74) is 8.12. The van der Waals surface area contributed by atoms with Crippen LogP contribution in [0.25, 0.3) is 0 Å². The SMILES string of the molecule is COc1cc(N2CCCN(S(C)(=O)=O)CC2)ccc1N.COc1cc(N2CCCN(S(C)(=O)=O)CC2)ccc1[N+](=O)[O-]. The maximum Gasteiger partial charge on any atom is 0.311 e. The smallest absolute Gasteiger partial charge is 0.311 e. The van der Waals surface area contributed by atoms with Crippen LogP contribution in [-0.4, -0.2) is 109 Å². The zero-order chi connectivity index (χ0) is 31.1. The Hall–Kier alpha value is -3.34. The number of sulfonamides is 2. The van der Waals surface area contributed by atoms with Gasteiger partial charge in [0.15, 0.2) is 5.75 Å². The highest BCUT2D eigenvalue weighted by Crippen LogP contribution is 2.32. The maximum atomic E-state index is 11.6. The Balaban J connectivity index is 0.000000231. The van der Waals surface area contributed by atoms with Gasteiger partial charge in [0.1, 0.15) is 5.75 Å². The van der Waals surface area contributed by atoms with Gasteiger partial charge in [-0.3, -0.25) is 10.1 Å². The van der Waals surface area contributed by atoms with Crippen molar-refractivity contribution in [1.29, 1.82) is 0 Å². The van der Waals surface area contributed by atoms with Crippen molar-refractivity contribution in [3.05, 3.63) is 46.5 Å². The molecular weight excluding hydrogens is 588 g/mol. The van der Waals surface area contributed by atoms with E-state index in [4.69, 9.17) is 15.2 Å². The molecule has 2 heterocycles. The van der Waals surface area contributed by atoms with Crippen molar-refractivity contribution in [3.63, 3.8) is 0 Å². The summed E-state index contributed by atoms with van der Waals surface area (Å²) >= 11 is 0. The van der Waals surface area contributed by atoms with Gasteiger partial charge in [0.05, 0.1) is 37.3 Å². The standard InChI is InChI=1S/C13H19N3O5S.C13H21N3O3S/c1-21-13-10-11(4-5-12(13)16(17)18)14-6-3-7-15(9-8-14)22(2,19)20;1-19-13-10-11(4-5-12(13)14)15-6-3-7-16(9-8-15)20(2,17)18/h4-5,10H,3,6-9H2,1-2H3;4-5,10H,3,6-9,14H2,1-2H3. The first kappa shape index (κ1) is 33.2. The summed E-state index contributed by atoms with van der Waals surface area (Å²) < 4.78 is 59.7. The lowest BCUT2D eigenvalue weighted by Gasteiger charge is -2.23. The van der Waals surface area contributed by atoms with Crippen LogP contribution in [0.5, 0.6) is 11.5 Å². The van der Waals surface area contributed by atoms with Gasteiger partial charge in [0.25, 0.3) is 0 Å². The van der Waals surface area contributed by atoms with E-state index in [2.05, 4.69) is 4.90 Å². The molecule has 0 aromatic heterocycles. The molecule has 2 aliphatic heterocycles. The highest BCUT2D eigenvalue weighted by Gasteiger charge is 2.24. The van der Waals surface area contributed by atoms with Crippen molar-refractivity contribution in [2.24, 2.45) is 0 Å². The average Bonchev–Trinajstić information content (AvgIpc) is 3.35. The Morgan fingerprint density at radius 2 is 1.17 bits per heavy atom. The van der Waals surface area contributed by atoms with Crippen LogP contribution in [-0.2, 0) is 20.0 Å². The van der Waals surface area contributed by atoms with Crippen molar-refractivity contribution >= 4 is 42.8 Å². The molecule has 2 fully saturated rings. The number of hydrogen-bond acceptors (Lipinski definition) is 11. The second-order valence-corrected chi connectivity index (χ2v) is 14.0. The third kappa shape index (κ3) is 8.83. The van der Waals surface area contributed by atoms with E-state index in [0.717, 1.165) is 24.3 Å². The van der Waals surface area contributed by atoms with Crippen LogP contribution in [0, 0.1) is 10.1 Å². The minimum Gasteiger partial charge on any atom is -0.495 e. The first-order chi connectivity index (χ1) is 19.7. The van der Waals surface area contributed by atoms with E-state index in [1.807, 2.05) is 23.1 Å². The Labute approximate surface area is 247 Å². The third-order valence-corrected chi connectivity index (χ3v) is 9.76. The van der Waals surface area contributed by atoms with E-state index in [1.165, 1.54) is 34.3 Å². The number of ether oxygens (including phenoxy) is 2. The molecule has 2 aliphatic rings. The predicted octanol–water partition coefficient (Wildman–Crippen LogP) is 1.82. The van der Waals surface area contributed by atoms with Gasteiger partial charge in [-0.15, -0.1) is 0 Å². The number of nitro benzene ring substituents is 1. The van der Waals surface area contributed by atoms with E-state index >= 15 is 0 Å². The van der Waals surface area contributed by atoms with Crippen LogP contribution in [0.1, 0.15) is 12.8 Å². The quantitative estimate of drug-likeness (QED) is 0.270. The number of methoxy groups -OCH3 is 2. The van der Waals surface area contributed by atoms with Crippen LogP contribution in [0.15, 0.2) is 36.4 Å². The molecular formula is C26H40N6O8S2. The van der Waals surface area contributed by atoms with Gasteiger partial charge in [0, 0.05) is 81.9 Å². The number of anilines is 3. The molecule has 0 bridgehead atoms. The van der Waals surface area contributed by atoms with Crippen molar-refractivity contribution < 1.29 is 31.2 Å². The van der Waals surface area contributed by atoms with Crippen LogP contribution in [0.4, 0.5) is 22.7 Å². The van der Waals surface area contributed by atoms with E-state index in [0.29, 0.717) is 63.7 Å². The van der Waals surface area contributed by atoms with Gasteiger partial charge < -0.3 is 25.0 Å². The molecule has 0 unspecified atom stereocenters. The van der Waals surface area contributed by atoms with Gasteiger partial charge in [-0.05, 0) is 31.0 Å². The second kappa shape index (κ2) is 14.2. The summed E-state index contributed by atoms with van der Waals surface area (Å²) in [6.07, 6.45) is 3.97. The van der Waals surface area contributed by atoms with Crippen molar-refractivity contribution in [3.8, 4) is 11.5 Å². The summed E-state index contributed by atoms with van der Waals surface area (Å²) in [6.45, 7) is 4.67. The molecule has 2 saturated heterocycles. The summed E-state index contributed by atoms with van der Waals surface area (Å²) in [6, 6.07) is 10.3. The fourth-order valence-electron chi connectivity index (χ4n) is 4.88. The minimum atomic E-state index is -3.19. The molecule has 2 aromatic rings. The molecule has 0 amide bonds. The summed E-state index contributed by atoms with van der Waals surface area (Å²) in [7, 11) is -3.33. The van der Waals surface area contributed by atoms with Gasteiger partial charge >= 0.3 is 5.69 Å². The number of nitrogen functional groups attached to an aromatic ring is 1. The third-order valence-electron chi connectivity index (χ3n) is 7.16. The molecule has 2 aromatic carbocycles. The molecule has 2 N–H and O–H groups in total. The molecule has 0 spiro atoms. The number of rotatable bonds is 7. The summed E-state index contributed by atoms with van der Waals surface area (Å²) in [5, 5.41) is 10.9. The molecule has 16 heteroatoms. The minimum absolute atomic E-state index is 0.0844. The first-order valence-electron chi connectivity index (χ1n) is 13.4. The number of nitrogens with zero attached hydrogens (tertiary/aromatic N) is 5. The molecule has 0 saturated carbocycles. The second-order valence-electron chi connectivity index (χ2n) is 10.0. The molecule has 42 heavy (non-hydrogen) atoms. The van der Waals surface area contributed by atoms with Crippen molar-refractivity contribution in [2.75, 3.05) is 94.6 Å². The predicted molar refractivity (Wildman–Crippen MR) is 164 cm³/mol. The lowest BCUT2D eigenvalue weighted by molar-refractivity contribution is -0.385. The number of nitro groups is 1.